The van der Waals surface area contributed by atoms with E-state index < -0.39 is 5.91 Å². The number of carbonyl (C=O) groups is 2. The molecule has 3 aliphatic rings. The number of piperidine rings is 1. The van der Waals surface area contributed by atoms with Gasteiger partial charge in [-0.1, -0.05) is 13.5 Å². The fourth-order valence-corrected chi connectivity index (χ4v) is 5.59. The van der Waals surface area contributed by atoms with Crippen LogP contribution < -0.4 is 20.7 Å². The number of anilines is 3. The zero-order valence-electron chi connectivity index (χ0n) is 23.5. The van der Waals surface area contributed by atoms with Crippen molar-refractivity contribution < 1.29 is 14.3 Å². The Labute approximate surface area is 236 Å². The SMILES string of the molecule is C=CC(=O)N1CC(Oc2nc(Nc3ccc(N4CCC(N5CCN(C)CC5)CC4)cc3)c(C(N)=O)nc2CC)C1. The highest BCUT2D eigenvalue weighted by molar-refractivity contribution is 5.96. The molecule has 11 heteroatoms. The molecule has 4 heterocycles. The van der Waals surface area contributed by atoms with E-state index in [1.807, 2.05) is 19.1 Å². The number of aromatic nitrogens is 2. The van der Waals surface area contributed by atoms with Crippen LogP contribution in [0.3, 0.4) is 0 Å². The maximum absolute atomic E-state index is 12.2. The molecule has 0 bridgehead atoms. The van der Waals surface area contributed by atoms with Gasteiger partial charge in [0, 0.05) is 56.7 Å². The molecule has 0 saturated carbocycles. The summed E-state index contributed by atoms with van der Waals surface area (Å²) in [5, 5.41) is 3.21. The van der Waals surface area contributed by atoms with E-state index in [0.29, 0.717) is 37.1 Å². The highest BCUT2D eigenvalue weighted by Gasteiger charge is 2.32. The van der Waals surface area contributed by atoms with Gasteiger partial charge in [0.1, 0.15) is 11.8 Å². The number of aryl methyl sites for hydroxylation is 1. The normalized spacial score (nSPS) is 19.2. The highest BCUT2D eigenvalue weighted by Crippen LogP contribution is 2.28. The molecule has 3 N–H and O–H groups in total. The number of piperazine rings is 1. The fraction of sp³-hybridized carbons (Fsp3) is 0.517. The van der Waals surface area contributed by atoms with E-state index in [9.17, 15) is 9.59 Å². The van der Waals surface area contributed by atoms with Crippen molar-refractivity contribution in [3.8, 4) is 5.88 Å². The van der Waals surface area contributed by atoms with Gasteiger partial charge in [0.05, 0.1) is 13.1 Å². The lowest BCUT2D eigenvalue weighted by Gasteiger charge is -2.42. The van der Waals surface area contributed by atoms with Crippen molar-refractivity contribution in [2.45, 2.75) is 38.3 Å². The third-order valence-corrected chi connectivity index (χ3v) is 8.13. The summed E-state index contributed by atoms with van der Waals surface area (Å²) in [5.74, 6) is -0.206. The van der Waals surface area contributed by atoms with Gasteiger partial charge < -0.3 is 30.5 Å². The second-order valence-electron chi connectivity index (χ2n) is 10.8. The molecular formula is C29H40N8O3. The van der Waals surface area contributed by atoms with Crippen molar-refractivity contribution in [2.24, 2.45) is 5.73 Å². The second-order valence-corrected chi connectivity index (χ2v) is 10.8. The summed E-state index contributed by atoms with van der Waals surface area (Å²) in [6.45, 7) is 13.0. The number of ether oxygens (including phenoxy) is 1. The number of likely N-dealkylation sites (N-methyl/N-ethyl adjacent to an activating group) is 1. The molecule has 0 spiro atoms. The average Bonchev–Trinajstić information content (AvgIpc) is 2.95. The van der Waals surface area contributed by atoms with Gasteiger partial charge in [0.25, 0.3) is 5.91 Å². The van der Waals surface area contributed by atoms with Gasteiger partial charge in [-0.05, 0) is 56.7 Å². The number of nitrogens with two attached hydrogens (primary N) is 1. The van der Waals surface area contributed by atoms with E-state index in [-0.39, 0.29) is 23.5 Å². The first-order valence-corrected chi connectivity index (χ1v) is 14.2. The van der Waals surface area contributed by atoms with Crippen LogP contribution in [0.2, 0.25) is 0 Å². The monoisotopic (exact) mass is 548 g/mol. The smallest absolute Gasteiger partial charge is 0.271 e. The lowest BCUT2D eigenvalue weighted by atomic mass is 10.0. The van der Waals surface area contributed by atoms with Crippen LogP contribution in [0, 0.1) is 0 Å². The largest absolute Gasteiger partial charge is 0.469 e. The Hall–Kier alpha value is -3.70. The van der Waals surface area contributed by atoms with Crippen LogP contribution in [0.1, 0.15) is 35.9 Å². The van der Waals surface area contributed by atoms with E-state index in [2.05, 4.69) is 55.7 Å². The first kappa shape index (κ1) is 27.9. The lowest BCUT2D eigenvalue weighted by Crippen LogP contribution is -2.55. The minimum atomic E-state index is -0.664. The van der Waals surface area contributed by atoms with E-state index in [0.717, 1.165) is 45.0 Å². The summed E-state index contributed by atoms with van der Waals surface area (Å²) >= 11 is 0. The van der Waals surface area contributed by atoms with Crippen LogP contribution >= 0.6 is 0 Å². The van der Waals surface area contributed by atoms with Gasteiger partial charge in [-0.25, -0.2) is 4.98 Å². The zero-order chi connectivity index (χ0) is 28.2. The molecule has 1 aromatic carbocycles. The first-order valence-electron chi connectivity index (χ1n) is 14.2. The molecule has 0 aliphatic carbocycles. The number of amides is 2. The van der Waals surface area contributed by atoms with Crippen molar-refractivity contribution in [3.05, 3.63) is 48.3 Å². The van der Waals surface area contributed by atoms with Crippen molar-refractivity contribution in [2.75, 3.05) is 69.6 Å². The Kier molecular flexibility index (Phi) is 8.51. The molecule has 3 aliphatic heterocycles. The summed E-state index contributed by atoms with van der Waals surface area (Å²) in [4.78, 5) is 42.2. The highest BCUT2D eigenvalue weighted by atomic mass is 16.5. The number of likely N-dealkylation sites (tertiary alicyclic amines) is 1. The summed E-state index contributed by atoms with van der Waals surface area (Å²) < 4.78 is 6.06. The van der Waals surface area contributed by atoms with E-state index in [4.69, 9.17) is 10.5 Å². The number of carbonyl (C=O) groups excluding carboxylic acids is 2. The quantitative estimate of drug-likeness (QED) is 0.453. The van der Waals surface area contributed by atoms with E-state index in [1.165, 1.54) is 24.6 Å². The van der Waals surface area contributed by atoms with Crippen LogP contribution in [-0.2, 0) is 11.2 Å². The number of primary amides is 1. The standard InChI is InChI=1S/C29H40N8O3/c1-4-24-29(40-23-18-37(19-23)25(38)5-2)33-28(26(32-24)27(30)39)31-20-6-8-21(9-7-20)35-12-10-22(11-13-35)36-16-14-34(3)15-17-36/h5-9,22-23H,2,4,10-19H2,1,3H3,(H2,30,39)(H,31,33). The van der Waals surface area contributed by atoms with Gasteiger partial charge in [-0.3, -0.25) is 14.5 Å². The Morgan fingerprint density at radius 2 is 1.75 bits per heavy atom. The summed E-state index contributed by atoms with van der Waals surface area (Å²) in [6.07, 6.45) is 3.96. The molecule has 11 nitrogen and oxygen atoms in total. The van der Waals surface area contributed by atoms with Crippen molar-refractivity contribution >= 4 is 29.0 Å². The summed E-state index contributed by atoms with van der Waals surface area (Å²) in [6, 6.07) is 8.81. The molecule has 2 aromatic rings. The molecule has 0 unspecified atom stereocenters. The maximum atomic E-state index is 12.2. The van der Waals surface area contributed by atoms with Crippen LogP contribution in [0.15, 0.2) is 36.9 Å². The minimum Gasteiger partial charge on any atom is -0.469 e. The molecule has 2 amide bonds. The van der Waals surface area contributed by atoms with Gasteiger partial charge in [-0.15, -0.1) is 0 Å². The van der Waals surface area contributed by atoms with E-state index in [1.54, 1.807) is 4.90 Å². The molecule has 0 radical (unpaired) electrons. The number of benzene rings is 1. The van der Waals surface area contributed by atoms with Crippen LogP contribution in [0.25, 0.3) is 0 Å². The van der Waals surface area contributed by atoms with Gasteiger partial charge >= 0.3 is 0 Å². The maximum Gasteiger partial charge on any atom is 0.271 e. The average molecular weight is 549 g/mol. The molecule has 0 atom stereocenters. The molecule has 214 valence electrons. The summed E-state index contributed by atoms with van der Waals surface area (Å²) in [7, 11) is 2.20. The number of hydrogen-bond acceptors (Lipinski definition) is 9. The molecular weight excluding hydrogens is 508 g/mol. The van der Waals surface area contributed by atoms with Gasteiger partial charge in [0.2, 0.25) is 11.8 Å². The zero-order valence-corrected chi connectivity index (χ0v) is 23.5. The fourth-order valence-electron chi connectivity index (χ4n) is 5.59. The van der Waals surface area contributed by atoms with Crippen LogP contribution in [-0.4, -0.2) is 108 Å². The molecule has 1 aromatic heterocycles. The number of nitrogens with one attached hydrogen (secondary N) is 1. The Morgan fingerprint density at radius 1 is 1.07 bits per heavy atom. The summed E-state index contributed by atoms with van der Waals surface area (Å²) in [5.41, 5.74) is 8.21. The van der Waals surface area contributed by atoms with Gasteiger partial charge in [0.15, 0.2) is 11.5 Å². The predicted molar refractivity (Wildman–Crippen MR) is 155 cm³/mol. The second kappa shape index (κ2) is 12.2. The van der Waals surface area contributed by atoms with Gasteiger partial charge in [-0.2, -0.15) is 4.98 Å². The van der Waals surface area contributed by atoms with E-state index >= 15 is 0 Å². The Morgan fingerprint density at radius 3 is 2.35 bits per heavy atom. The van der Waals surface area contributed by atoms with Crippen LogP contribution in [0.5, 0.6) is 5.88 Å². The number of rotatable bonds is 9. The number of hydrogen-bond donors (Lipinski definition) is 2. The molecule has 3 fully saturated rings. The molecule has 5 rings (SSSR count). The molecule has 40 heavy (non-hydrogen) atoms. The number of nitrogens with zero attached hydrogens (tertiary/aromatic N) is 6. The van der Waals surface area contributed by atoms with Crippen molar-refractivity contribution in [1.29, 1.82) is 0 Å². The van der Waals surface area contributed by atoms with Crippen molar-refractivity contribution in [3.63, 3.8) is 0 Å². The minimum absolute atomic E-state index is 0.0660. The third kappa shape index (κ3) is 6.20. The Balaban J connectivity index is 1.23. The predicted octanol–water partition coefficient (Wildman–Crippen LogP) is 1.87. The van der Waals surface area contributed by atoms with Crippen LogP contribution in [0.4, 0.5) is 17.2 Å². The third-order valence-electron chi connectivity index (χ3n) is 8.13. The Bertz CT molecular complexity index is 1210. The lowest BCUT2D eigenvalue weighted by molar-refractivity contribution is -0.134. The molecule has 3 saturated heterocycles. The first-order chi connectivity index (χ1) is 19.3. The topological polar surface area (TPSA) is 120 Å². The van der Waals surface area contributed by atoms with Crippen molar-refractivity contribution in [1.82, 2.24) is 24.7 Å².